The number of aliphatic hydroxyl groups is 3. The maximum atomic E-state index is 9.58. The molecule has 0 spiro atoms. The van der Waals surface area contributed by atoms with E-state index in [0.29, 0.717) is 6.42 Å². The second kappa shape index (κ2) is 4.91. The van der Waals surface area contributed by atoms with Crippen LogP contribution in [0.25, 0.3) is 0 Å². The van der Waals surface area contributed by atoms with Gasteiger partial charge in [0.2, 0.25) is 0 Å². The molecule has 0 aromatic heterocycles. The lowest BCUT2D eigenvalue weighted by molar-refractivity contribution is -0.0211. The van der Waals surface area contributed by atoms with Crippen molar-refractivity contribution in [2.45, 2.75) is 50.5 Å². The summed E-state index contributed by atoms with van der Waals surface area (Å²) in [6, 6.07) is -0.259. The molecule has 1 fully saturated rings. The molecule has 1 aliphatic heterocycles. The fourth-order valence-corrected chi connectivity index (χ4v) is 1.83. The minimum absolute atomic E-state index is 0.0190. The zero-order valence-electron chi connectivity index (χ0n) is 7.98. The van der Waals surface area contributed by atoms with Gasteiger partial charge in [-0.2, -0.15) is 0 Å². The molecular weight excluding hydrogens is 170 g/mol. The number of piperidine rings is 1. The van der Waals surface area contributed by atoms with E-state index in [1.165, 1.54) is 0 Å². The highest BCUT2D eigenvalue weighted by Gasteiger charge is 2.33. The third kappa shape index (κ3) is 2.64. The summed E-state index contributed by atoms with van der Waals surface area (Å²) >= 11 is 0. The summed E-state index contributed by atoms with van der Waals surface area (Å²) in [5, 5.41) is 31.0. The second-order valence-electron chi connectivity index (χ2n) is 3.72. The predicted molar refractivity (Wildman–Crippen MR) is 49.3 cm³/mol. The van der Waals surface area contributed by atoms with Crippen LogP contribution in [0.15, 0.2) is 0 Å². The van der Waals surface area contributed by atoms with Crippen LogP contribution in [0.5, 0.6) is 0 Å². The average molecular weight is 189 g/mol. The predicted octanol–water partition coefficient (Wildman–Crippen LogP) is -0.769. The first-order valence-electron chi connectivity index (χ1n) is 4.92. The third-order valence-electron chi connectivity index (χ3n) is 2.64. The summed E-state index contributed by atoms with van der Waals surface area (Å²) in [6.07, 6.45) is 1.11. The van der Waals surface area contributed by atoms with Crippen LogP contribution < -0.4 is 5.32 Å². The van der Waals surface area contributed by atoms with E-state index in [0.717, 1.165) is 12.8 Å². The van der Waals surface area contributed by atoms with Gasteiger partial charge in [0.25, 0.3) is 0 Å². The van der Waals surface area contributed by atoms with Crippen molar-refractivity contribution < 1.29 is 15.3 Å². The first-order chi connectivity index (χ1) is 6.19. The van der Waals surface area contributed by atoms with Crippen molar-refractivity contribution in [1.29, 1.82) is 0 Å². The van der Waals surface area contributed by atoms with Crippen LogP contribution in [0.3, 0.4) is 0 Å². The Morgan fingerprint density at radius 3 is 2.38 bits per heavy atom. The summed E-state index contributed by atoms with van der Waals surface area (Å²) in [7, 11) is 0. The molecular formula is C9H19NO3. The molecule has 4 nitrogen and oxygen atoms in total. The Kier molecular flexibility index (Phi) is 4.12. The van der Waals surface area contributed by atoms with Crippen molar-refractivity contribution in [2.24, 2.45) is 0 Å². The lowest BCUT2D eigenvalue weighted by Crippen LogP contribution is -2.58. The van der Waals surface area contributed by atoms with Gasteiger partial charge in [-0.3, -0.25) is 0 Å². The smallest absolute Gasteiger partial charge is 0.0740 e. The molecule has 4 heteroatoms. The fourth-order valence-electron chi connectivity index (χ4n) is 1.83. The summed E-state index contributed by atoms with van der Waals surface area (Å²) in [4.78, 5) is 0. The average Bonchev–Trinajstić information content (AvgIpc) is 2.10. The molecule has 0 aromatic rings. The van der Waals surface area contributed by atoms with Crippen LogP contribution in [0.4, 0.5) is 0 Å². The van der Waals surface area contributed by atoms with Gasteiger partial charge in [0, 0.05) is 12.5 Å². The Labute approximate surface area is 78.6 Å². The van der Waals surface area contributed by atoms with Crippen molar-refractivity contribution in [3.05, 3.63) is 0 Å². The van der Waals surface area contributed by atoms with E-state index in [2.05, 4.69) is 5.32 Å². The Balaban J connectivity index is 2.48. The SMILES string of the molecule is CCC[C@H]1N[C@@H](CO)[C@@H](O)C[C@H]1O. The molecule has 0 amide bonds. The first-order valence-corrected chi connectivity index (χ1v) is 4.92. The highest BCUT2D eigenvalue weighted by atomic mass is 16.3. The Morgan fingerprint density at radius 2 is 1.85 bits per heavy atom. The molecule has 1 rings (SSSR count). The molecule has 0 unspecified atom stereocenters. The van der Waals surface area contributed by atoms with Gasteiger partial charge >= 0.3 is 0 Å². The highest BCUT2D eigenvalue weighted by Crippen LogP contribution is 2.17. The van der Waals surface area contributed by atoms with Gasteiger partial charge in [-0.05, 0) is 6.42 Å². The molecule has 4 atom stereocenters. The molecule has 0 aliphatic carbocycles. The first kappa shape index (κ1) is 10.9. The minimum Gasteiger partial charge on any atom is -0.395 e. The lowest BCUT2D eigenvalue weighted by atomic mass is 9.91. The molecule has 1 saturated heterocycles. The van der Waals surface area contributed by atoms with Gasteiger partial charge in [-0.1, -0.05) is 13.3 Å². The lowest BCUT2D eigenvalue weighted by Gasteiger charge is -2.37. The molecule has 0 saturated carbocycles. The van der Waals surface area contributed by atoms with Crippen LogP contribution in [0.2, 0.25) is 0 Å². The maximum Gasteiger partial charge on any atom is 0.0740 e. The van der Waals surface area contributed by atoms with E-state index in [1.54, 1.807) is 0 Å². The second-order valence-corrected chi connectivity index (χ2v) is 3.72. The number of hydrogen-bond donors (Lipinski definition) is 4. The van der Waals surface area contributed by atoms with Crippen molar-refractivity contribution in [2.75, 3.05) is 6.61 Å². The molecule has 0 aromatic carbocycles. The Morgan fingerprint density at radius 1 is 1.23 bits per heavy atom. The van der Waals surface area contributed by atoms with E-state index >= 15 is 0 Å². The fraction of sp³-hybridized carbons (Fsp3) is 1.00. The largest absolute Gasteiger partial charge is 0.395 e. The van der Waals surface area contributed by atoms with E-state index in [9.17, 15) is 10.2 Å². The van der Waals surface area contributed by atoms with E-state index in [-0.39, 0.29) is 18.7 Å². The zero-order chi connectivity index (χ0) is 9.84. The summed E-state index contributed by atoms with van der Waals surface area (Å²) < 4.78 is 0. The monoisotopic (exact) mass is 189 g/mol. The number of rotatable bonds is 3. The summed E-state index contributed by atoms with van der Waals surface area (Å²) in [5.74, 6) is 0. The molecule has 1 heterocycles. The van der Waals surface area contributed by atoms with Crippen LogP contribution >= 0.6 is 0 Å². The van der Waals surface area contributed by atoms with Crippen LogP contribution in [0, 0.1) is 0 Å². The van der Waals surface area contributed by atoms with Gasteiger partial charge < -0.3 is 20.6 Å². The van der Waals surface area contributed by atoms with E-state index in [1.807, 2.05) is 6.92 Å². The standard InChI is InChI=1S/C9H19NO3/c1-2-3-6-8(12)4-9(13)7(5-11)10-6/h6-13H,2-5H2,1H3/t6-,7+,8-,9+/m1/s1. The zero-order valence-corrected chi connectivity index (χ0v) is 7.98. The van der Waals surface area contributed by atoms with Gasteiger partial charge in [-0.15, -0.1) is 0 Å². The Hall–Kier alpha value is -0.160. The van der Waals surface area contributed by atoms with Crippen molar-refractivity contribution in [3.63, 3.8) is 0 Å². The number of hydrogen-bond acceptors (Lipinski definition) is 4. The van der Waals surface area contributed by atoms with Crippen molar-refractivity contribution in [3.8, 4) is 0 Å². The molecule has 0 radical (unpaired) electrons. The van der Waals surface area contributed by atoms with E-state index in [4.69, 9.17) is 5.11 Å². The summed E-state index contributed by atoms with van der Waals surface area (Å²) in [6.45, 7) is 1.97. The minimum atomic E-state index is -0.631. The molecule has 1 aliphatic rings. The van der Waals surface area contributed by atoms with Crippen LogP contribution in [-0.2, 0) is 0 Å². The van der Waals surface area contributed by atoms with Gasteiger partial charge in [0.1, 0.15) is 0 Å². The van der Waals surface area contributed by atoms with Crippen LogP contribution in [-0.4, -0.2) is 46.2 Å². The van der Waals surface area contributed by atoms with Gasteiger partial charge in [-0.25, -0.2) is 0 Å². The normalized spacial score (nSPS) is 40.6. The van der Waals surface area contributed by atoms with Gasteiger partial charge in [0.15, 0.2) is 0 Å². The molecule has 4 N–H and O–H groups in total. The van der Waals surface area contributed by atoms with Crippen molar-refractivity contribution in [1.82, 2.24) is 5.32 Å². The number of nitrogens with one attached hydrogen (secondary N) is 1. The summed E-state index contributed by atoms with van der Waals surface area (Å²) in [5.41, 5.74) is 0. The quantitative estimate of drug-likeness (QED) is 0.470. The molecule has 0 bridgehead atoms. The third-order valence-corrected chi connectivity index (χ3v) is 2.64. The van der Waals surface area contributed by atoms with Crippen molar-refractivity contribution >= 4 is 0 Å². The Bertz CT molecular complexity index is 154. The van der Waals surface area contributed by atoms with Crippen LogP contribution in [0.1, 0.15) is 26.2 Å². The molecule has 78 valence electrons. The topological polar surface area (TPSA) is 72.7 Å². The number of aliphatic hydroxyl groups excluding tert-OH is 3. The maximum absolute atomic E-state index is 9.58. The van der Waals surface area contributed by atoms with Gasteiger partial charge in [0.05, 0.1) is 24.9 Å². The van der Waals surface area contributed by atoms with E-state index < -0.39 is 12.2 Å². The molecule has 13 heavy (non-hydrogen) atoms. The highest BCUT2D eigenvalue weighted by molar-refractivity contribution is 4.91.